The summed E-state index contributed by atoms with van der Waals surface area (Å²) in [6, 6.07) is 2.80. The van der Waals surface area contributed by atoms with Crippen molar-refractivity contribution >= 4 is 39.1 Å². The first-order chi connectivity index (χ1) is 6.15. The molecular formula is C9H4BrCl2F. The van der Waals surface area contributed by atoms with Crippen molar-refractivity contribution in [3.8, 4) is 11.8 Å². The van der Waals surface area contributed by atoms with Crippen molar-refractivity contribution in [2.45, 2.75) is 0 Å². The molecule has 0 aromatic heterocycles. The molecule has 0 saturated carbocycles. The first kappa shape index (κ1) is 10.8. The predicted molar refractivity (Wildman–Crippen MR) is 56.7 cm³/mol. The highest BCUT2D eigenvalue weighted by molar-refractivity contribution is 9.10. The van der Waals surface area contributed by atoms with Crippen molar-refractivity contribution < 1.29 is 4.39 Å². The summed E-state index contributed by atoms with van der Waals surface area (Å²) in [6.45, 7) is 0. The zero-order chi connectivity index (χ0) is 9.84. The molecular weight excluding hydrogens is 278 g/mol. The van der Waals surface area contributed by atoms with E-state index in [1.807, 2.05) is 0 Å². The molecule has 0 fully saturated rings. The van der Waals surface area contributed by atoms with Gasteiger partial charge in [0.1, 0.15) is 5.82 Å². The molecule has 0 aliphatic carbocycles. The fourth-order valence-corrected chi connectivity index (χ4v) is 1.72. The van der Waals surface area contributed by atoms with Crippen molar-refractivity contribution in [3.05, 3.63) is 33.0 Å². The Morgan fingerprint density at radius 1 is 1.46 bits per heavy atom. The Labute approximate surface area is 94.2 Å². The van der Waals surface area contributed by atoms with Gasteiger partial charge in [-0.1, -0.05) is 23.4 Å². The van der Waals surface area contributed by atoms with Crippen LogP contribution in [0.25, 0.3) is 0 Å². The Bertz CT molecular complexity index is 356. The van der Waals surface area contributed by atoms with Crippen LogP contribution in [-0.2, 0) is 0 Å². The highest BCUT2D eigenvalue weighted by Crippen LogP contribution is 2.23. The second-order valence-electron chi connectivity index (χ2n) is 2.18. The maximum Gasteiger partial charge on any atom is 0.141 e. The second kappa shape index (κ2) is 4.85. The molecule has 0 bridgehead atoms. The zero-order valence-corrected chi connectivity index (χ0v) is 9.47. The van der Waals surface area contributed by atoms with E-state index in [-0.39, 0.29) is 11.4 Å². The van der Waals surface area contributed by atoms with E-state index in [9.17, 15) is 4.39 Å². The lowest BCUT2D eigenvalue weighted by Gasteiger charge is -1.98. The van der Waals surface area contributed by atoms with Crippen molar-refractivity contribution in [2.75, 3.05) is 5.88 Å². The highest BCUT2D eigenvalue weighted by Gasteiger charge is 2.05. The summed E-state index contributed by atoms with van der Waals surface area (Å²) < 4.78 is 13.7. The van der Waals surface area contributed by atoms with Gasteiger partial charge in [-0.25, -0.2) is 4.39 Å². The number of rotatable bonds is 0. The Hall–Kier alpha value is -0.230. The molecule has 1 aromatic carbocycles. The minimum Gasteiger partial charge on any atom is -0.206 e. The van der Waals surface area contributed by atoms with Crippen molar-refractivity contribution in [3.63, 3.8) is 0 Å². The Morgan fingerprint density at radius 2 is 2.15 bits per heavy atom. The third kappa shape index (κ3) is 2.87. The van der Waals surface area contributed by atoms with E-state index in [1.165, 1.54) is 6.07 Å². The first-order valence-corrected chi connectivity index (χ1v) is 5.05. The molecule has 0 saturated heterocycles. The summed E-state index contributed by atoms with van der Waals surface area (Å²) >= 11 is 14.1. The van der Waals surface area contributed by atoms with Gasteiger partial charge in [0.25, 0.3) is 0 Å². The molecule has 0 aliphatic heterocycles. The van der Waals surface area contributed by atoms with Crippen molar-refractivity contribution in [1.29, 1.82) is 0 Å². The van der Waals surface area contributed by atoms with Gasteiger partial charge in [0.2, 0.25) is 0 Å². The number of hydrogen-bond donors (Lipinski definition) is 0. The number of hydrogen-bond acceptors (Lipinski definition) is 0. The van der Waals surface area contributed by atoms with E-state index in [2.05, 4.69) is 27.8 Å². The summed E-state index contributed by atoms with van der Waals surface area (Å²) in [5.41, 5.74) is 0.282. The van der Waals surface area contributed by atoms with Gasteiger partial charge in [-0.05, 0) is 28.1 Å². The van der Waals surface area contributed by atoms with Gasteiger partial charge in [0, 0.05) is 9.50 Å². The molecule has 1 aromatic rings. The third-order valence-electron chi connectivity index (χ3n) is 1.29. The zero-order valence-electron chi connectivity index (χ0n) is 6.37. The van der Waals surface area contributed by atoms with Gasteiger partial charge in [0.05, 0.1) is 11.4 Å². The fourth-order valence-electron chi connectivity index (χ4n) is 0.783. The van der Waals surface area contributed by atoms with Crippen LogP contribution in [0.5, 0.6) is 0 Å². The summed E-state index contributed by atoms with van der Waals surface area (Å²) in [5.74, 6) is 4.89. The summed E-state index contributed by atoms with van der Waals surface area (Å²) in [6.07, 6.45) is 0. The topological polar surface area (TPSA) is 0 Å². The quantitative estimate of drug-likeness (QED) is 0.501. The van der Waals surface area contributed by atoms with Crippen molar-refractivity contribution in [1.82, 2.24) is 0 Å². The number of halogens is 4. The molecule has 0 aliphatic rings. The summed E-state index contributed by atoms with van der Waals surface area (Å²) in [4.78, 5) is 0. The molecule has 0 heterocycles. The van der Waals surface area contributed by atoms with Crippen LogP contribution in [0.1, 0.15) is 5.56 Å². The molecule has 0 spiro atoms. The Balaban J connectivity index is 3.21. The molecule has 0 N–H and O–H groups in total. The molecule has 1 rings (SSSR count). The van der Waals surface area contributed by atoms with E-state index in [0.29, 0.717) is 9.50 Å². The summed E-state index contributed by atoms with van der Waals surface area (Å²) in [5, 5.41) is 0.334. The maximum atomic E-state index is 13.2. The van der Waals surface area contributed by atoms with Gasteiger partial charge >= 0.3 is 0 Å². The third-order valence-corrected chi connectivity index (χ3v) is 2.26. The van der Waals surface area contributed by atoms with Gasteiger partial charge in [-0.3, -0.25) is 0 Å². The maximum absolute atomic E-state index is 13.2. The molecule has 0 nitrogen and oxygen atoms in total. The monoisotopic (exact) mass is 280 g/mol. The lowest BCUT2D eigenvalue weighted by molar-refractivity contribution is 0.623. The fraction of sp³-hybridized carbons (Fsp3) is 0.111. The second-order valence-corrected chi connectivity index (χ2v) is 3.74. The minimum atomic E-state index is -0.447. The first-order valence-electron chi connectivity index (χ1n) is 3.34. The van der Waals surface area contributed by atoms with Crippen LogP contribution in [0.4, 0.5) is 4.39 Å². The highest BCUT2D eigenvalue weighted by atomic mass is 79.9. The molecule has 0 amide bonds. The van der Waals surface area contributed by atoms with Crippen LogP contribution in [0.2, 0.25) is 5.02 Å². The normalized spacial score (nSPS) is 9.23. The largest absolute Gasteiger partial charge is 0.206 e. The Kier molecular flexibility index (Phi) is 4.05. The lowest BCUT2D eigenvalue weighted by Crippen LogP contribution is -1.85. The SMILES string of the molecule is Fc1cc(Cl)cc(Br)c1C#CCCl. The van der Waals surface area contributed by atoms with E-state index < -0.39 is 5.82 Å². The van der Waals surface area contributed by atoms with Gasteiger partial charge in [-0.15, -0.1) is 11.6 Å². The average molecular weight is 282 g/mol. The van der Waals surface area contributed by atoms with E-state index in [1.54, 1.807) is 6.07 Å². The molecule has 0 radical (unpaired) electrons. The Morgan fingerprint density at radius 3 is 2.69 bits per heavy atom. The van der Waals surface area contributed by atoms with E-state index in [0.717, 1.165) is 0 Å². The lowest BCUT2D eigenvalue weighted by atomic mass is 10.2. The molecule has 0 unspecified atom stereocenters. The van der Waals surface area contributed by atoms with Gasteiger partial charge < -0.3 is 0 Å². The molecule has 13 heavy (non-hydrogen) atoms. The number of alkyl halides is 1. The summed E-state index contributed by atoms with van der Waals surface area (Å²) in [7, 11) is 0. The van der Waals surface area contributed by atoms with Gasteiger partial charge in [0.15, 0.2) is 0 Å². The van der Waals surface area contributed by atoms with Crippen LogP contribution in [0.15, 0.2) is 16.6 Å². The van der Waals surface area contributed by atoms with Crippen LogP contribution in [0.3, 0.4) is 0 Å². The number of benzene rings is 1. The molecule has 68 valence electrons. The van der Waals surface area contributed by atoms with Gasteiger partial charge in [-0.2, -0.15) is 0 Å². The predicted octanol–water partition coefficient (Wildman–Crippen LogP) is 3.83. The minimum absolute atomic E-state index is 0.175. The molecule has 4 heteroatoms. The van der Waals surface area contributed by atoms with Crippen LogP contribution < -0.4 is 0 Å². The van der Waals surface area contributed by atoms with Crippen LogP contribution in [-0.4, -0.2) is 5.88 Å². The van der Waals surface area contributed by atoms with Crippen LogP contribution in [0, 0.1) is 17.7 Å². The molecule has 0 atom stereocenters. The smallest absolute Gasteiger partial charge is 0.141 e. The van der Waals surface area contributed by atoms with E-state index >= 15 is 0 Å². The average Bonchev–Trinajstić information content (AvgIpc) is 2.02. The van der Waals surface area contributed by atoms with Crippen molar-refractivity contribution in [2.24, 2.45) is 0 Å². The standard InChI is InChI=1S/C9H4BrCl2F/c10-8-4-6(12)5-9(13)7(8)2-1-3-11/h4-5H,3H2. The van der Waals surface area contributed by atoms with E-state index in [4.69, 9.17) is 23.2 Å². The van der Waals surface area contributed by atoms with Crippen LogP contribution >= 0.6 is 39.1 Å².